The van der Waals surface area contributed by atoms with E-state index in [-0.39, 0.29) is 11.8 Å². The summed E-state index contributed by atoms with van der Waals surface area (Å²) in [5.74, 6) is -0.00821. The second-order valence-corrected chi connectivity index (χ2v) is 4.81. The Morgan fingerprint density at radius 3 is 2.71 bits per heavy atom. The molecule has 78 valence electrons. The Hall–Kier alpha value is -0.250. The summed E-state index contributed by atoms with van der Waals surface area (Å²) in [5, 5.41) is 0. The molecular weight excluding hydrogens is 241 g/mol. The summed E-state index contributed by atoms with van der Waals surface area (Å²) in [6, 6.07) is 3.76. The molecule has 1 rings (SSSR count). The number of rotatable bonds is 4. The van der Waals surface area contributed by atoms with Crippen LogP contribution in [0.5, 0.6) is 0 Å². The van der Waals surface area contributed by atoms with Crippen molar-refractivity contribution in [2.75, 3.05) is 12.4 Å². The summed E-state index contributed by atoms with van der Waals surface area (Å²) < 4.78 is 0.745. The Balaban J connectivity index is 2.61. The molecule has 0 saturated carbocycles. The average Bonchev–Trinajstić information content (AvgIpc) is 2.59. The van der Waals surface area contributed by atoms with Crippen LogP contribution in [-0.4, -0.2) is 23.2 Å². The molecule has 0 aliphatic rings. The Morgan fingerprint density at radius 1 is 1.57 bits per heavy atom. The predicted octanol–water partition coefficient (Wildman–Crippen LogP) is 2.99. The highest BCUT2D eigenvalue weighted by Crippen LogP contribution is 2.22. The highest BCUT2D eigenvalue weighted by Gasteiger charge is 2.11. The van der Waals surface area contributed by atoms with Crippen molar-refractivity contribution in [1.29, 1.82) is 0 Å². The van der Waals surface area contributed by atoms with Gasteiger partial charge in [0, 0.05) is 11.4 Å². The molecule has 2 nitrogen and oxygen atoms in total. The van der Waals surface area contributed by atoms with Crippen molar-refractivity contribution in [3.63, 3.8) is 0 Å². The summed E-state index contributed by atoms with van der Waals surface area (Å²) in [4.78, 5) is 14.1. The number of hydrogen-bond acceptors (Lipinski definition) is 2. The first-order valence-corrected chi connectivity index (χ1v) is 5.98. The number of thiophene rings is 1. The summed E-state index contributed by atoms with van der Waals surface area (Å²) in [5.41, 5.74) is 0. The van der Waals surface area contributed by atoms with E-state index in [4.69, 9.17) is 23.2 Å². The lowest BCUT2D eigenvalue weighted by atomic mass is 10.4. The molecule has 0 saturated heterocycles. The number of amides is 1. The first-order chi connectivity index (χ1) is 6.67. The van der Waals surface area contributed by atoms with Crippen LogP contribution in [0.15, 0.2) is 12.1 Å². The maximum Gasteiger partial charge on any atom is 0.237 e. The molecule has 0 radical (unpaired) electrons. The summed E-state index contributed by atoms with van der Waals surface area (Å²) in [6.45, 7) is 3.19. The fourth-order valence-corrected chi connectivity index (χ4v) is 2.36. The Labute approximate surface area is 97.4 Å². The van der Waals surface area contributed by atoms with Crippen molar-refractivity contribution >= 4 is 40.4 Å². The van der Waals surface area contributed by atoms with Crippen molar-refractivity contribution in [3.8, 4) is 0 Å². The molecule has 0 unspecified atom stereocenters. The van der Waals surface area contributed by atoms with Gasteiger partial charge in [-0.1, -0.05) is 11.6 Å². The van der Waals surface area contributed by atoms with Crippen LogP contribution in [0, 0.1) is 0 Å². The maximum absolute atomic E-state index is 11.3. The van der Waals surface area contributed by atoms with Crippen LogP contribution in [0.3, 0.4) is 0 Å². The van der Waals surface area contributed by atoms with Gasteiger partial charge in [-0.25, -0.2) is 0 Å². The molecule has 0 fully saturated rings. The highest BCUT2D eigenvalue weighted by atomic mass is 35.5. The molecular formula is C9H11Cl2NOS. The minimum atomic E-state index is -0.0429. The summed E-state index contributed by atoms with van der Waals surface area (Å²) >= 11 is 12.8. The lowest BCUT2D eigenvalue weighted by Crippen LogP contribution is -2.30. The maximum atomic E-state index is 11.3. The van der Waals surface area contributed by atoms with Gasteiger partial charge in [-0.3, -0.25) is 4.79 Å². The molecule has 14 heavy (non-hydrogen) atoms. The first-order valence-electron chi connectivity index (χ1n) is 4.25. The standard InChI is InChI=1S/C9H11Cl2NOS/c1-2-12(9(13)5-10)6-7-3-4-8(11)14-7/h3-4H,2,5-6H2,1H3. The van der Waals surface area contributed by atoms with Crippen LogP contribution in [0.25, 0.3) is 0 Å². The number of carbonyl (C=O) groups excluding carboxylic acids is 1. The fourth-order valence-electron chi connectivity index (χ4n) is 1.09. The van der Waals surface area contributed by atoms with Gasteiger partial charge in [-0.15, -0.1) is 22.9 Å². The van der Waals surface area contributed by atoms with E-state index in [1.165, 1.54) is 11.3 Å². The molecule has 1 aromatic rings. The molecule has 5 heteroatoms. The van der Waals surface area contributed by atoms with Gasteiger partial charge < -0.3 is 4.90 Å². The van der Waals surface area contributed by atoms with E-state index >= 15 is 0 Å². The van der Waals surface area contributed by atoms with Gasteiger partial charge in [0.25, 0.3) is 0 Å². The van der Waals surface area contributed by atoms with Gasteiger partial charge in [0.15, 0.2) is 0 Å². The average molecular weight is 252 g/mol. The van der Waals surface area contributed by atoms with E-state index in [0.717, 1.165) is 9.21 Å². The zero-order chi connectivity index (χ0) is 10.6. The van der Waals surface area contributed by atoms with Crippen LogP contribution >= 0.6 is 34.5 Å². The number of hydrogen-bond donors (Lipinski definition) is 0. The third kappa shape index (κ3) is 3.15. The van der Waals surface area contributed by atoms with Crippen molar-refractivity contribution in [1.82, 2.24) is 4.90 Å². The molecule has 0 spiro atoms. The summed E-state index contributed by atoms with van der Waals surface area (Å²) in [7, 11) is 0. The Bertz CT molecular complexity index is 314. The fraction of sp³-hybridized carbons (Fsp3) is 0.444. The quantitative estimate of drug-likeness (QED) is 0.754. The van der Waals surface area contributed by atoms with Crippen molar-refractivity contribution in [3.05, 3.63) is 21.3 Å². The summed E-state index contributed by atoms with van der Waals surface area (Å²) in [6.07, 6.45) is 0. The van der Waals surface area contributed by atoms with Crippen LogP contribution in [0.4, 0.5) is 0 Å². The van der Waals surface area contributed by atoms with E-state index < -0.39 is 0 Å². The van der Waals surface area contributed by atoms with Gasteiger partial charge in [-0.05, 0) is 19.1 Å². The SMILES string of the molecule is CCN(Cc1ccc(Cl)s1)C(=O)CCl. The highest BCUT2D eigenvalue weighted by molar-refractivity contribution is 7.16. The van der Waals surface area contributed by atoms with Crippen LogP contribution in [0.1, 0.15) is 11.8 Å². The molecule has 1 amide bonds. The third-order valence-corrected chi connectivity index (χ3v) is 3.27. The smallest absolute Gasteiger partial charge is 0.237 e. The largest absolute Gasteiger partial charge is 0.337 e. The van der Waals surface area contributed by atoms with Crippen molar-refractivity contribution < 1.29 is 4.79 Å². The second-order valence-electron chi connectivity index (χ2n) is 2.75. The van der Waals surface area contributed by atoms with E-state index in [1.54, 1.807) is 4.90 Å². The Morgan fingerprint density at radius 2 is 2.29 bits per heavy atom. The normalized spacial score (nSPS) is 10.2. The van der Waals surface area contributed by atoms with Crippen LogP contribution in [-0.2, 0) is 11.3 Å². The monoisotopic (exact) mass is 251 g/mol. The zero-order valence-corrected chi connectivity index (χ0v) is 10.1. The minimum absolute atomic E-state index is 0.0347. The van der Waals surface area contributed by atoms with Gasteiger partial charge in [0.1, 0.15) is 5.88 Å². The number of nitrogens with zero attached hydrogens (tertiary/aromatic N) is 1. The van der Waals surface area contributed by atoms with Crippen molar-refractivity contribution in [2.24, 2.45) is 0 Å². The topological polar surface area (TPSA) is 20.3 Å². The molecule has 1 heterocycles. The minimum Gasteiger partial charge on any atom is -0.337 e. The number of carbonyl (C=O) groups is 1. The molecule has 0 atom stereocenters. The van der Waals surface area contributed by atoms with Crippen LogP contribution < -0.4 is 0 Å². The molecule has 1 aromatic heterocycles. The van der Waals surface area contributed by atoms with Crippen LogP contribution in [0.2, 0.25) is 4.34 Å². The number of halogens is 2. The molecule has 0 aliphatic heterocycles. The van der Waals surface area contributed by atoms with Gasteiger partial charge >= 0.3 is 0 Å². The second kappa shape index (κ2) is 5.59. The van der Waals surface area contributed by atoms with E-state index in [0.29, 0.717) is 13.1 Å². The van der Waals surface area contributed by atoms with Gasteiger partial charge in [0.05, 0.1) is 10.9 Å². The number of alkyl halides is 1. The zero-order valence-electron chi connectivity index (χ0n) is 7.80. The first kappa shape index (κ1) is 11.8. The van der Waals surface area contributed by atoms with E-state index in [9.17, 15) is 4.79 Å². The predicted molar refractivity (Wildman–Crippen MR) is 61.1 cm³/mol. The Kier molecular flexibility index (Phi) is 4.72. The van der Waals surface area contributed by atoms with E-state index in [1.807, 2.05) is 19.1 Å². The van der Waals surface area contributed by atoms with Gasteiger partial charge in [0.2, 0.25) is 5.91 Å². The molecule has 0 N–H and O–H groups in total. The lowest BCUT2D eigenvalue weighted by molar-refractivity contribution is -0.128. The molecule has 0 aliphatic carbocycles. The van der Waals surface area contributed by atoms with Crippen molar-refractivity contribution in [2.45, 2.75) is 13.5 Å². The molecule has 0 aromatic carbocycles. The third-order valence-electron chi connectivity index (χ3n) is 1.82. The lowest BCUT2D eigenvalue weighted by Gasteiger charge is -2.18. The van der Waals surface area contributed by atoms with E-state index in [2.05, 4.69) is 0 Å². The molecule has 0 bridgehead atoms. The van der Waals surface area contributed by atoms with Gasteiger partial charge in [-0.2, -0.15) is 0 Å².